The molecule has 0 aliphatic rings. The molecule has 0 unspecified atom stereocenters. The monoisotopic (exact) mass is 385 g/mol. The van der Waals surface area contributed by atoms with Crippen molar-refractivity contribution in [2.45, 2.75) is 0 Å². The lowest BCUT2D eigenvalue weighted by Crippen LogP contribution is -2.32. The van der Waals surface area contributed by atoms with Crippen molar-refractivity contribution in [1.82, 2.24) is 10.7 Å². The van der Waals surface area contributed by atoms with Crippen molar-refractivity contribution in [3.63, 3.8) is 0 Å². The fraction of sp³-hybridized carbons (Fsp3) is 0. The van der Waals surface area contributed by atoms with Crippen LogP contribution in [0.5, 0.6) is 0 Å². The van der Waals surface area contributed by atoms with E-state index < -0.39 is 5.91 Å². The highest BCUT2D eigenvalue weighted by atomic mass is 16.3. The SMILES string of the molecule is O=C(NN=C/C=C/c1ccco1)/C(=C/c1ccccc1)NC(=O)c1ccccc1. The normalized spacial score (nSPS) is 11.7. The molecule has 1 heterocycles. The van der Waals surface area contributed by atoms with Gasteiger partial charge in [-0.3, -0.25) is 9.59 Å². The van der Waals surface area contributed by atoms with Gasteiger partial charge < -0.3 is 9.73 Å². The van der Waals surface area contributed by atoms with E-state index in [1.54, 1.807) is 60.9 Å². The second-order valence-corrected chi connectivity index (χ2v) is 5.88. The third-order valence-electron chi connectivity index (χ3n) is 3.77. The molecule has 2 N–H and O–H groups in total. The number of hydrogen-bond donors (Lipinski definition) is 2. The van der Waals surface area contributed by atoms with Gasteiger partial charge in [0.15, 0.2) is 0 Å². The van der Waals surface area contributed by atoms with Gasteiger partial charge in [-0.05, 0) is 48.1 Å². The first-order valence-corrected chi connectivity index (χ1v) is 8.89. The number of hydrazone groups is 1. The fourth-order valence-electron chi connectivity index (χ4n) is 2.38. The molecule has 3 rings (SSSR count). The summed E-state index contributed by atoms with van der Waals surface area (Å²) in [5.41, 5.74) is 3.71. The number of benzene rings is 2. The lowest BCUT2D eigenvalue weighted by atomic mass is 10.1. The molecule has 144 valence electrons. The van der Waals surface area contributed by atoms with Crippen LogP contribution in [0, 0.1) is 0 Å². The number of nitrogens with zero attached hydrogens (tertiary/aromatic N) is 1. The van der Waals surface area contributed by atoms with Crippen molar-refractivity contribution >= 4 is 30.2 Å². The second-order valence-electron chi connectivity index (χ2n) is 5.88. The minimum Gasteiger partial charge on any atom is -0.465 e. The number of amides is 2. The van der Waals surface area contributed by atoms with Crippen molar-refractivity contribution in [2.75, 3.05) is 0 Å². The van der Waals surface area contributed by atoms with Crippen LogP contribution in [0.2, 0.25) is 0 Å². The maximum absolute atomic E-state index is 12.6. The average Bonchev–Trinajstić information content (AvgIpc) is 3.28. The molecule has 0 saturated carbocycles. The Balaban J connectivity index is 1.71. The minimum absolute atomic E-state index is 0.0808. The van der Waals surface area contributed by atoms with Crippen molar-refractivity contribution in [1.29, 1.82) is 0 Å². The molecular formula is C23H19N3O3. The summed E-state index contributed by atoms with van der Waals surface area (Å²) in [6, 6.07) is 21.5. The quantitative estimate of drug-likeness (QED) is 0.368. The number of allylic oxidation sites excluding steroid dienone is 1. The first-order valence-electron chi connectivity index (χ1n) is 8.89. The van der Waals surface area contributed by atoms with Crippen molar-refractivity contribution in [2.24, 2.45) is 5.10 Å². The highest BCUT2D eigenvalue weighted by molar-refractivity contribution is 6.05. The topological polar surface area (TPSA) is 83.7 Å². The molecule has 3 aromatic rings. The van der Waals surface area contributed by atoms with Gasteiger partial charge in [-0.2, -0.15) is 5.10 Å². The van der Waals surface area contributed by atoms with Gasteiger partial charge >= 0.3 is 0 Å². The summed E-state index contributed by atoms with van der Waals surface area (Å²) in [6.45, 7) is 0. The standard InChI is InChI=1S/C23H19N3O3/c27-22(19-11-5-2-6-12-19)25-21(17-18-9-3-1-4-10-18)23(28)26-24-15-7-13-20-14-8-16-29-20/h1-17H,(H,25,27)(H,26,28)/b13-7+,21-17-,24-15?. The second kappa shape index (κ2) is 10.2. The third kappa shape index (κ3) is 6.18. The van der Waals surface area contributed by atoms with Crippen molar-refractivity contribution in [3.05, 3.63) is 108 Å². The van der Waals surface area contributed by atoms with E-state index in [2.05, 4.69) is 15.8 Å². The van der Waals surface area contributed by atoms with Gasteiger partial charge in [-0.1, -0.05) is 48.5 Å². The Morgan fingerprint density at radius 3 is 2.31 bits per heavy atom. The molecule has 0 aliphatic heterocycles. The van der Waals surface area contributed by atoms with Crippen LogP contribution in [0.3, 0.4) is 0 Å². The molecule has 1 aromatic heterocycles. The Hall–Kier alpha value is -4.19. The first-order chi connectivity index (χ1) is 14.2. The zero-order chi connectivity index (χ0) is 20.3. The highest BCUT2D eigenvalue weighted by Gasteiger charge is 2.14. The summed E-state index contributed by atoms with van der Waals surface area (Å²) in [5, 5.41) is 6.52. The summed E-state index contributed by atoms with van der Waals surface area (Å²) in [6.07, 6.45) is 7.90. The molecule has 6 nitrogen and oxygen atoms in total. The zero-order valence-corrected chi connectivity index (χ0v) is 15.5. The number of furan rings is 1. The van der Waals surface area contributed by atoms with E-state index in [1.165, 1.54) is 6.21 Å². The van der Waals surface area contributed by atoms with Crippen LogP contribution in [0.4, 0.5) is 0 Å². The molecule has 2 aromatic carbocycles. The van der Waals surface area contributed by atoms with Gasteiger partial charge in [-0.25, -0.2) is 5.43 Å². The largest absolute Gasteiger partial charge is 0.465 e. The number of nitrogens with one attached hydrogen (secondary N) is 2. The van der Waals surface area contributed by atoms with Crippen LogP contribution in [-0.4, -0.2) is 18.0 Å². The van der Waals surface area contributed by atoms with Crippen LogP contribution in [0.15, 0.2) is 100 Å². The van der Waals surface area contributed by atoms with Gasteiger partial charge in [0.2, 0.25) is 0 Å². The molecule has 29 heavy (non-hydrogen) atoms. The third-order valence-corrected chi connectivity index (χ3v) is 3.77. The lowest BCUT2D eigenvalue weighted by Gasteiger charge is -2.09. The van der Waals surface area contributed by atoms with Gasteiger partial charge in [0, 0.05) is 11.8 Å². The van der Waals surface area contributed by atoms with E-state index >= 15 is 0 Å². The van der Waals surface area contributed by atoms with Gasteiger partial charge in [0.1, 0.15) is 11.5 Å². The molecule has 6 heteroatoms. The summed E-state index contributed by atoms with van der Waals surface area (Å²) in [4.78, 5) is 25.0. The van der Waals surface area contributed by atoms with Gasteiger partial charge in [0.25, 0.3) is 11.8 Å². The summed E-state index contributed by atoms with van der Waals surface area (Å²) in [7, 11) is 0. The molecule has 0 spiro atoms. The van der Waals surface area contributed by atoms with E-state index in [1.807, 2.05) is 36.4 Å². The number of carbonyl (C=O) groups excluding carboxylic acids is 2. The Morgan fingerprint density at radius 2 is 1.62 bits per heavy atom. The van der Waals surface area contributed by atoms with E-state index in [0.29, 0.717) is 11.3 Å². The lowest BCUT2D eigenvalue weighted by molar-refractivity contribution is -0.117. The average molecular weight is 385 g/mol. The number of hydrogen-bond acceptors (Lipinski definition) is 4. The Labute approximate surface area is 168 Å². The van der Waals surface area contributed by atoms with Gasteiger partial charge in [0.05, 0.1) is 6.26 Å². The molecule has 0 fully saturated rings. The van der Waals surface area contributed by atoms with E-state index in [9.17, 15) is 9.59 Å². The van der Waals surface area contributed by atoms with Crippen LogP contribution >= 0.6 is 0 Å². The molecule has 2 amide bonds. The van der Waals surface area contributed by atoms with E-state index in [4.69, 9.17) is 4.42 Å². The highest BCUT2D eigenvalue weighted by Crippen LogP contribution is 2.07. The summed E-state index contributed by atoms with van der Waals surface area (Å²) in [5.74, 6) is -0.257. The predicted octanol–water partition coefficient (Wildman–Crippen LogP) is 3.87. The van der Waals surface area contributed by atoms with Gasteiger partial charge in [-0.15, -0.1) is 0 Å². The van der Waals surface area contributed by atoms with Crippen LogP contribution in [0.25, 0.3) is 12.2 Å². The molecule has 0 radical (unpaired) electrons. The minimum atomic E-state index is -0.541. The smallest absolute Gasteiger partial charge is 0.287 e. The number of carbonyl (C=O) groups is 2. The van der Waals surface area contributed by atoms with E-state index in [0.717, 1.165) is 5.56 Å². The number of rotatable bonds is 7. The Bertz CT molecular complexity index is 1020. The molecule has 0 aliphatic carbocycles. The Kier molecular flexibility index (Phi) is 6.90. The zero-order valence-electron chi connectivity index (χ0n) is 15.5. The van der Waals surface area contributed by atoms with Crippen molar-refractivity contribution in [3.8, 4) is 0 Å². The van der Waals surface area contributed by atoms with E-state index in [-0.39, 0.29) is 11.6 Å². The van der Waals surface area contributed by atoms with Crippen molar-refractivity contribution < 1.29 is 14.0 Å². The molecule has 0 bridgehead atoms. The summed E-state index contributed by atoms with van der Waals surface area (Å²) < 4.78 is 5.16. The fourth-order valence-corrected chi connectivity index (χ4v) is 2.38. The van der Waals surface area contributed by atoms with Crippen LogP contribution in [-0.2, 0) is 4.79 Å². The summed E-state index contributed by atoms with van der Waals surface area (Å²) >= 11 is 0. The first kappa shape index (κ1) is 19.6. The molecular weight excluding hydrogens is 366 g/mol. The molecule has 0 atom stereocenters. The van der Waals surface area contributed by atoms with Crippen LogP contribution in [0.1, 0.15) is 21.7 Å². The predicted molar refractivity (Wildman–Crippen MR) is 113 cm³/mol. The Morgan fingerprint density at radius 1 is 0.897 bits per heavy atom. The van der Waals surface area contributed by atoms with Crippen LogP contribution < -0.4 is 10.7 Å². The maximum Gasteiger partial charge on any atom is 0.287 e. The molecule has 0 saturated heterocycles. The maximum atomic E-state index is 12.6.